The summed E-state index contributed by atoms with van der Waals surface area (Å²) in [5, 5.41) is 7.60. The van der Waals surface area contributed by atoms with Crippen molar-refractivity contribution in [2.24, 2.45) is 5.10 Å². The molecule has 110 valence electrons. The minimum atomic E-state index is 0.657. The van der Waals surface area contributed by atoms with E-state index in [1.54, 1.807) is 6.21 Å². The molecule has 0 atom stereocenters. The molecule has 1 aromatic heterocycles. The third-order valence-electron chi connectivity index (χ3n) is 2.89. The zero-order chi connectivity index (χ0) is 15.4. The van der Waals surface area contributed by atoms with Crippen LogP contribution in [0.2, 0.25) is 5.02 Å². The number of hydrogen-bond donors (Lipinski definition) is 1. The van der Waals surface area contributed by atoms with Crippen LogP contribution in [0.1, 0.15) is 5.56 Å². The number of thiazole rings is 1. The molecule has 0 fully saturated rings. The van der Waals surface area contributed by atoms with Crippen molar-refractivity contribution in [3.63, 3.8) is 0 Å². The summed E-state index contributed by atoms with van der Waals surface area (Å²) in [5.41, 5.74) is 5.89. The second kappa shape index (κ2) is 7.05. The van der Waals surface area contributed by atoms with E-state index < -0.39 is 0 Å². The van der Waals surface area contributed by atoms with Crippen molar-refractivity contribution in [2.45, 2.75) is 0 Å². The summed E-state index contributed by atoms with van der Waals surface area (Å²) in [5.74, 6) is 0. The number of nitrogens with zero attached hydrogens (tertiary/aromatic N) is 2. The molecule has 0 bridgehead atoms. The van der Waals surface area contributed by atoms with E-state index in [-0.39, 0.29) is 0 Å². The van der Waals surface area contributed by atoms with Crippen LogP contribution in [0.5, 0.6) is 0 Å². The molecule has 6 heteroatoms. The molecule has 0 radical (unpaired) electrons. The molecule has 0 spiro atoms. The van der Waals surface area contributed by atoms with E-state index in [0.717, 1.165) is 26.4 Å². The summed E-state index contributed by atoms with van der Waals surface area (Å²) in [6, 6.07) is 15.7. The van der Waals surface area contributed by atoms with Crippen LogP contribution in [0.3, 0.4) is 0 Å². The molecule has 1 heterocycles. The third kappa shape index (κ3) is 3.74. The fraction of sp³-hybridized carbons (Fsp3) is 0. The normalized spacial score (nSPS) is 11.0. The van der Waals surface area contributed by atoms with Crippen molar-refractivity contribution in [2.75, 3.05) is 5.43 Å². The first-order valence-corrected chi connectivity index (χ1v) is 8.52. The first-order chi connectivity index (χ1) is 10.7. The van der Waals surface area contributed by atoms with E-state index in [4.69, 9.17) is 11.6 Å². The molecule has 3 aromatic rings. The van der Waals surface area contributed by atoms with Crippen LogP contribution in [-0.2, 0) is 0 Å². The Morgan fingerprint density at radius 1 is 1.18 bits per heavy atom. The van der Waals surface area contributed by atoms with Gasteiger partial charge in [0.15, 0.2) is 0 Å². The Morgan fingerprint density at radius 2 is 2.00 bits per heavy atom. The molecule has 0 aliphatic heterocycles. The van der Waals surface area contributed by atoms with Crippen LogP contribution < -0.4 is 5.43 Å². The van der Waals surface area contributed by atoms with Crippen molar-refractivity contribution in [3.8, 4) is 11.3 Å². The SMILES string of the molecule is Clc1cc(C=NNc2nc(-c3ccccc3)cs2)ccc1Br. The third-order valence-corrected chi connectivity index (χ3v) is 4.87. The summed E-state index contributed by atoms with van der Waals surface area (Å²) in [6.45, 7) is 0. The predicted octanol–water partition coefficient (Wildman–Crippen LogP) is 5.67. The van der Waals surface area contributed by atoms with Crippen LogP contribution >= 0.6 is 38.9 Å². The molecule has 0 saturated carbocycles. The number of anilines is 1. The second-order valence-electron chi connectivity index (χ2n) is 4.45. The molecule has 0 saturated heterocycles. The fourth-order valence-corrected chi connectivity index (χ4v) is 2.93. The quantitative estimate of drug-likeness (QED) is 0.458. The van der Waals surface area contributed by atoms with E-state index in [0.29, 0.717) is 5.02 Å². The number of rotatable bonds is 4. The van der Waals surface area contributed by atoms with Crippen LogP contribution in [-0.4, -0.2) is 11.2 Å². The highest BCUT2D eigenvalue weighted by molar-refractivity contribution is 9.10. The van der Waals surface area contributed by atoms with E-state index in [1.165, 1.54) is 11.3 Å². The first-order valence-electron chi connectivity index (χ1n) is 6.47. The van der Waals surface area contributed by atoms with Gasteiger partial charge in [-0.2, -0.15) is 5.10 Å². The molecule has 2 aromatic carbocycles. The number of benzene rings is 2. The molecule has 0 unspecified atom stereocenters. The number of halogens is 2. The van der Waals surface area contributed by atoms with Gasteiger partial charge in [-0.05, 0) is 33.6 Å². The van der Waals surface area contributed by atoms with Gasteiger partial charge in [0.2, 0.25) is 5.13 Å². The lowest BCUT2D eigenvalue weighted by Crippen LogP contribution is -1.90. The molecular formula is C16H11BrClN3S. The molecule has 0 aliphatic carbocycles. The Bertz CT molecular complexity index is 802. The fourth-order valence-electron chi connectivity index (χ4n) is 1.82. The lowest BCUT2D eigenvalue weighted by Gasteiger charge is -1.98. The maximum Gasteiger partial charge on any atom is 0.203 e. The largest absolute Gasteiger partial charge is 0.253 e. The number of hydrazone groups is 1. The Balaban J connectivity index is 1.68. The summed E-state index contributed by atoms with van der Waals surface area (Å²) >= 11 is 10.9. The van der Waals surface area contributed by atoms with Crippen molar-refractivity contribution < 1.29 is 0 Å². The average Bonchev–Trinajstić information content (AvgIpc) is 3.01. The topological polar surface area (TPSA) is 37.3 Å². The molecule has 3 rings (SSSR count). The Kier molecular flexibility index (Phi) is 4.87. The Labute approximate surface area is 145 Å². The smallest absolute Gasteiger partial charge is 0.203 e. The van der Waals surface area contributed by atoms with Crippen molar-refractivity contribution in [3.05, 3.63) is 69.0 Å². The Hall–Kier alpha value is -1.69. The summed E-state index contributed by atoms with van der Waals surface area (Å²) in [7, 11) is 0. The van der Waals surface area contributed by atoms with Gasteiger partial charge in [0, 0.05) is 15.4 Å². The van der Waals surface area contributed by atoms with Gasteiger partial charge in [0.25, 0.3) is 0 Å². The van der Waals surface area contributed by atoms with Crippen LogP contribution in [0.15, 0.2) is 63.5 Å². The van der Waals surface area contributed by atoms with Gasteiger partial charge in [-0.3, -0.25) is 5.43 Å². The minimum Gasteiger partial charge on any atom is -0.253 e. The predicted molar refractivity (Wildman–Crippen MR) is 97.9 cm³/mol. The average molecular weight is 393 g/mol. The highest BCUT2D eigenvalue weighted by atomic mass is 79.9. The van der Waals surface area contributed by atoms with Crippen LogP contribution in [0.25, 0.3) is 11.3 Å². The van der Waals surface area contributed by atoms with Crippen molar-refractivity contribution in [1.82, 2.24) is 4.98 Å². The zero-order valence-electron chi connectivity index (χ0n) is 11.3. The highest BCUT2D eigenvalue weighted by Crippen LogP contribution is 2.25. The lowest BCUT2D eigenvalue weighted by molar-refractivity contribution is 1.29. The molecule has 1 N–H and O–H groups in total. The molecular weight excluding hydrogens is 382 g/mol. The van der Waals surface area contributed by atoms with Gasteiger partial charge in [-0.1, -0.05) is 48.0 Å². The van der Waals surface area contributed by atoms with Crippen molar-refractivity contribution >= 4 is 50.2 Å². The van der Waals surface area contributed by atoms with Gasteiger partial charge in [0.05, 0.1) is 16.9 Å². The van der Waals surface area contributed by atoms with E-state index in [2.05, 4.69) is 31.4 Å². The monoisotopic (exact) mass is 391 g/mol. The van der Waals surface area contributed by atoms with E-state index in [9.17, 15) is 0 Å². The number of nitrogens with one attached hydrogen (secondary N) is 1. The summed E-state index contributed by atoms with van der Waals surface area (Å²) in [4.78, 5) is 4.50. The zero-order valence-corrected chi connectivity index (χ0v) is 14.5. The van der Waals surface area contributed by atoms with Gasteiger partial charge in [0.1, 0.15) is 0 Å². The maximum absolute atomic E-state index is 6.04. The standard InChI is InChI=1S/C16H11BrClN3S/c17-13-7-6-11(8-14(13)18)9-19-21-16-20-15(10-22-16)12-4-2-1-3-5-12/h1-10H,(H,20,21). The number of aromatic nitrogens is 1. The molecule has 0 amide bonds. The lowest BCUT2D eigenvalue weighted by atomic mass is 10.2. The van der Waals surface area contributed by atoms with Crippen LogP contribution in [0, 0.1) is 0 Å². The van der Waals surface area contributed by atoms with Gasteiger partial charge >= 0.3 is 0 Å². The van der Waals surface area contributed by atoms with Gasteiger partial charge < -0.3 is 0 Å². The van der Waals surface area contributed by atoms with Gasteiger partial charge in [-0.25, -0.2) is 4.98 Å². The number of hydrogen-bond acceptors (Lipinski definition) is 4. The molecule has 22 heavy (non-hydrogen) atoms. The summed E-state index contributed by atoms with van der Waals surface area (Å²) < 4.78 is 0.867. The second-order valence-corrected chi connectivity index (χ2v) is 6.57. The van der Waals surface area contributed by atoms with Crippen molar-refractivity contribution in [1.29, 1.82) is 0 Å². The molecule has 0 aliphatic rings. The Morgan fingerprint density at radius 3 is 2.77 bits per heavy atom. The molecule has 3 nitrogen and oxygen atoms in total. The van der Waals surface area contributed by atoms with E-state index in [1.807, 2.05) is 53.9 Å². The minimum absolute atomic E-state index is 0.657. The summed E-state index contributed by atoms with van der Waals surface area (Å²) in [6.07, 6.45) is 1.71. The first kappa shape index (κ1) is 15.2. The highest BCUT2D eigenvalue weighted by Gasteiger charge is 2.03. The maximum atomic E-state index is 6.04. The van der Waals surface area contributed by atoms with Crippen LogP contribution in [0.4, 0.5) is 5.13 Å². The van der Waals surface area contributed by atoms with Gasteiger partial charge in [-0.15, -0.1) is 11.3 Å². The van der Waals surface area contributed by atoms with E-state index >= 15 is 0 Å².